The van der Waals surface area contributed by atoms with E-state index in [1.807, 2.05) is 0 Å². The van der Waals surface area contributed by atoms with Gasteiger partial charge in [-0.2, -0.15) is 0 Å². The third kappa shape index (κ3) is 3.59. The number of likely N-dealkylation sites (tertiary alicyclic amines) is 1. The average molecular weight is 358 g/mol. The summed E-state index contributed by atoms with van der Waals surface area (Å²) in [6, 6.07) is 0.0316. The van der Waals surface area contributed by atoms with Gasteiger partial charge >= 0.3 is 5.97 Å². The van der Waals surface area contributed by atoms with Crippen LogP contribution in [0, 0.1) is 11.8 Å². The van der Waals surface area contributed by atoms with Crippen LogP contribution in [0.4, 0.5) is 0 Å². The van der Waals surface area contributed by atoms with Gasteiger partial charge in [0.1, 0.15) is 0 Å². The molecule has 3 atom stereocenters. The molecule has 0 aromatic carbocycles. The molecule has 3 unspecified atom stereocenters. The topological polar surface area (TPSA) is 104 Å². The van der Waals surface area contributed by atoms with Gasteiger partial charge in [-0.05, 0) is 38.5 Å². The van der Waals surface area contributed by atoms with Crippen LogP contribution in [0.25, 0.3) is 0 Å². The van der Waals surface area contributed by atoms with E-state index in [0.717, 1.165) is 25.7 Å². The number of hydrogen-bond donors (Lipinski definition) is 2. The standard InChI is InChI=1S/C16H26N2O5S/c19-15(13-7-8-14(13)16(20)21)18-9-3-6-12(10-18)24(22,23)17-11-4-1-2-5-11/h11-14,17H,1-10H2,(H,20,21). The lowest BCUT2D eigenvalue weighted by atomic mass is 9.72. The molecule has 0 bridgehead atoms. The van der Waals surface area contributed by atoms with Crippen molar-refractivity contribution in [3.8, 4) is 0 Å². The largest absolute Gasteiger partial charge is 0.481 e. The summed E-state index contributed by atoms with van der Waals surface area (Å²) in [6.07, 6.45) is 6.20. The summed E-state index contributed by atoms with van der Waals surface area (Å²) >= 11 is 0. The summed E-state index contributed by atoms with van der Waals surface area (Å²) in [5, 5.41) is 8.53. The Balaban J connectivity index is 1.61. The van der Waals surface area contributed by atoms with Gasteiger partial charge in [-0.15, -0.1) is 0 Å². The van der Waals surface area contributed by atoms with Crippen molar-refractivity contribution < 1.29 is 23.1 Å². The minimum Gasteiger partial charge on any atom is -0.481 e. The van der Waals surface area contributed by atoms with E-state index in [-0.39, 0.29) is 18.5 Å². The third-order valence-corrected chi connectivity index (χ3v) is 7.65. The van der Waals surface area contributed by atoms with E-state index in [4.69, 9.17) is 5.11 Å². The average Bonchev–Trinajstić information content (AvgIpc) is 2.97. The van der Waals surface area contributed by atoms with Gasteiger partial charge < -0.3 is 10.0 Å². The van der Waals surface area contributed by atoms with Crippen LogP contribution in [0.5, 0.6) is 0 Å². The molecule has 0 aromatic heterocycles. The minimum atomic E-state index is -3.44. The minimum absolute atomic E-state index is 0.0316. The maximum absolute atomic E-state index is 12.6. The monoisotopic (exact) mass is 358 g/mol. The zero-order valence-electron chi connectivity index (χ0n) is 13.8. The fraction of sp³-hybridized carbons (Fsp3) is 0.875. The fourth-order valence-corrected chi connectivity index (χ4v) is 5.84. The zero-order chi connectivity index (χ0) is 17.3. The number of carbonyl (C=O) groups is 2. The van der Waals surface area contributed by atoms with Gasteiger partial charge in [-0.3, -0.25) is 9.59 Å². The molecule has 2 aliphatic carbocycles. The number of rotatable bonds is 5. The molecule has 24 heavy (non-hydrogen) atoms. The molecule has 1 saturated heterocycles. The normalized spacial score (nSPS) is 31.7. The number of nitrogens with zero attached hydrogens (tertiary/aromatic N) is 1. The number of amides is 1. The molecule has 0 radical (unpaired) electrons. The van der Waals surface area contributed by atoms with E-state index in [2.05, 4.69) is 4.72 Å². The van der Waals surface area contributed by atoms with E-state index < -0.39 is 33.1 Å². The number of piperidine rings is 1. The van der Waals surface area contributed by atoms with E-state index in [9.17, 15) is 18.0 Å². The lowest BCUT2D eigenvalue weighted by molar-refractivity contribution is -0.157. The van der Waals surface area contributed by atoms with Gasteiger partial charge in [0.05, 0.1) is 17.1 Å². The zero-order valence-corrected chi connectivity index (χ0v) is 14.6. The van der Waals surface area contributed by atoms with Gasteiger partial charge in [0, 0.05) is 19.1 Å². The lowest BCUT2D eigenvalue weighted by Gasteiger charge is -2.39. The van der Waals surface area contributed by atoms with Gasteiger partial charge in [0.25, 0.3) is 0 Å². The van der Waals surface area contributed by atoms with Gasteiger partial charge in [0.15, 0.2) is 0 Å². The number of carboxylic acid groups (broad SMARTS) is 1. The van der Waals surface area contributed by atoms with E-state index in [0.29, 0.717) is 32.2 Å². The van der Waals surface area contributed by atoms with Crippen LogP contribution in [0.2, 0.25) is 0 Å². The SMILES string of the molecule is O=C(O)C1CCC1C(=O)N1CCCC(S(=O)(=O)NC2CCCC2)C1. The summed E-state index contributed by atoms with van der Waals surface area (Å²) in [5.41, 5.74) is 0. The predicted octanol–water partition coefficient (Wildman–Crippen LogP) is 0.950. The molecular formula is C16H26N2O5S. The number of sulfonamides is 1. The Hall–Kier alpha value is -1.15. The Morgan fingerprint density at radius 2 is 1.62 bits per heavy atom. The molecule has 0 spiro atoms. The first kappa shape index (κ1) is 17.7. The first-order chi connectivity index (χ1) is 11.4. The molecule has 3 rings (SSSR count). The number of carboxylic acids is 1. The molecule has 1 aliphatic heterocycles. The molecule has 7 nitrogen and oxygen atoms in total. The van der Waals surface area contributed by atoms with Crippen LogP contribution in [0.3, 0.4) is 0 Å². The molecule has 0 aromatic rings. The van der Waals surface area contributed by atoms with Crippen molar-refractivity contribution in [2.75, 3.05) is 13.1 Å². The quantitative estimate of drug-likeness (QED) is 0.761. The van der Waals surface area contributed by atoms with Crippen molar-refractivity contribution in [2.24, 2.45) is 11.8 Å². The molecule has 1 heterocycles. The molecule has 136 valence electrons. The molecule has 3 fully saturated rings. The molecule has 2 saturated carbocycles. The second-order valence-electron chi connectivity index (χ2n) is 7.32. The number of hydrogen-bond acceptors (Lipinski definition) is 4. The van der Waals surface area contributed by atoms with Crippen LogP contribution >= 0.6 is 0 Å². The molecule has 1 amide bonds. The third-order valence-electron chi connectivity index (χ3n) is 5.72. The fourth-order valence-electron chi connectivity index (χ4n) is 4.09. The first-order valence-corrected chi connectivity index (χ1v) is 10.5. The Morgan fingerprint density at radius 1 is 0.958 bits per heavy atom. The smallest absolute Gasteiger partial charge is 0.307 e. The maximum atomic E-state index is 12.6. The molecule has 8 heteroatoms. The van der Waals surface area contributed by atoms with E-state index >= 15 is 0 Å². The van der Waals surface area contributed by atoms with Crippen LogP contribution in [0.1, 0.15) is 51.4 Å². The van der Waals surface area contributed by atoms with Crippen molar-refractivity contribution in [1.82, 2.24) is 9.62 Å². The summed E-state index contributed by atoms with van der Waals surface area (Å²) in [4.78, 5) is 25.3. The van der Waals surface area contributed by atoms with Crippen LogP contribution in [0.15, 0.2) is 0 Å². The first-order valence-electron chi connectivity index (χ1n) is 8.91. The van der Waals surface area contributed by atoms with Crippen LogP contribution < -0.4 is 4.72 Å². The highest BCUT2D eigenvalue weighted by molar-refractivity contribution is 7.90. The Labute approximate surface area is 142 Å². The second-order valence-corrected chi connectivity index (χ2v) is 9.31. The number of nitrogens with one attached hydrogen (secondary N) is 1. The van der Waals surface area contributed by atoms with Crippen molar-refractivity contribution >= 4 is 21.9 Å². The summed E-state index contributed by atoms with van der Waals surface area (Å²) in [6.45, 7) is 0.709. The maximum Gasteiger partial charge on any atom is 0.307 e. The van der Waals surface area contributed by atoms with Crippen molar-refractivity contribution in [3.05, 3.63) is 0 Å². The van der Waals surface area contributed by atoms with Crippen molar-refractivity contribution in [1.29, 1.82) is 0 Å². The van der Waals surface area contributed by atoms with E-state index in [1.165, 1.54) is 0 Å². The highest BCUT2D eigenvalue weighted by atomic mass is 32.2. The van der Waals surface area contributed by atoms with Crippen LogP contribution in [-0.4, -0.2) is 54.7 Å². The summed E-state index contributed by atoms with van der Waals surface area (Å²) < 4.78 is 28.0. The summed E-state index contributed by atoms with van der Waals surface area (Å²) in [5.74, 6) is -2.20. The van der Waals surface area contributed by atoms with Gasteiger partial charge in [0.2, 0.25) is 15.9 Å². The molecule has 3 aliphatic rings. The van der Waals surface area contributed by atoms with Crippen molar-refractivity contribution in [2.45, 2.75) is 62.7 Å². The Kier molecular flexibility index (Phi) is 5.15. The van der Waals surface area contributed by atoms with E-state index in [1.54, 1.807) is 4.90 Å². The van der Waals surface area contributed by atoms with Gasteiger partial charge in [-0.1, -0.05) is 12.8 Å². The Morgan fingerprint density at radius 3 is 2.21 bits per heavy atom. The lowest BCUT2D eigenvalue weighted by Crippen LogP contribution is -2.53. The van der Waals surface area contributed by atoms with Crippen molar-refractivity contribution in [3.63, 3.8) is 0 Å². The van der Waals surface area contributed by atoms with Crippen LogP contribution in [-0.2, 0) is 19.6 Å². The number of aliphatic carboxylic acids is 1. The number of carbonyl (C=O) groups excluding carboxylic acids is 1. The summed E-state index contributed by atoms with van der Waals surface area (Å²) in [7, 11) is -3.44. The Bertz CT molecular complexity index is 600. The highest BCUT2D eigenvalue weighted by Gasteiger charge is 2.44. The molecular weight excluding hydrogens is 332 g/mol. The molecule has 2 N–H and O–H groups in total. The van der Waals surface area contributed by atoms with Gasteiger partial charge in [-0.25, -0.2) is 13.1 Å². The second kappa shape index (κ2) is 7.00. The highest BCUT2D eigenvalue weighted by Crippen LogP contribution is 2.36. The predicted molar refractivity (Wildman–Crippen MR) is 87.8 cm³/mol.